The van der Waals surface area contributed by atoms with Gasteiger partial charge in [0.1, 0.15) is 52.7 Å². The van der Waals surface area contributed by atoms with E-state index < -0.39 is 77.4 Å². The Morgan fingerprint density at radius 3 is 1.62 bits per heavy atom. The Labute approximate surface area is 364 Å². The van der Waals surface area contributed by atoms with Crippen molar-refractivity contribution < 1.29 is 45.2 Å². The van der Waals surface area contributed by atoms with Crippen LogP contribution in [0.1, 0.15) is 50.9 Å². The number of nitrogen functional groups attached to an aromatic ring is 1. The van der Waals surface area contributed by atoms with E-state index in [-0.39, 0.29) is 41.1 Å². The summed E-state index contributed by atoms with van der Waals surface area (Å²) in [6.45, 7) is 7.72. The molecule has 4 aromatic carbocycles. The number of nitrogens with zero attached hydrogens (tertiary/aromatic N) is 7. The molecule has 0 aliphatic carbocycles. The zero-order chi connectivity index (χ0) is 46.2. The molecule has 4 amide bonds. The van der Waals surface area contributed by atoms with Gasteiger partial charge >= 0.3 is 19.2 Å². The van der Waals surface area contributed by atoms with Gasteiger partial charge in [-0.2, -0.15) is 0 Å². The number of anilines is 3. The van der Waals surface area contributed by atoms with Crippen molar-refractivity contribution in [1.82, 2.24) is 24.3 Å². The number of likely N-dealkylation sites (N-methyl/N-ethyl adjacent to an activating group) is 2. The van der Waals surface area contributed by atoms with Crippen LogP contribution in [0.3, 0.4) is 0 Å². The normalized spacial score (nSPS) is 19.3. The van der Waals surface area contributed by atoms with Gasteiger partial charge in [-0.25, -0.2) is 45.9 Å². The Morgan fingerprint density at radius 1 is 0.641 bits per heavy atom. The number of benzene rings is 4. The first-order chi connectivity index (χ1) is 30.2. The van der Waals surface area contributed by atoms with Crippen LogP contribution in [-0.2, 0) is 16.4 Å². The van der Waals surface area contributed by atoms with Crippen LogP contribution in [0.25, 0.3) is 22.2 Å². The molecule has 0 bridgehead atoms. The molecule has 6 aromatic rings. The van der Waals surface area contributed by atoms with Crippen LogP contribution in [0.15, 0.2) is 85.3 Å². The molecule has 19 heteroatoms. The van der Waals surface area contributed by atoms with Gasteiger partial charge < -0.3 is 29.4 Å². The third-order valence-electron chi connectivity index (χ3n) is 12.5. The number of halogens is 6. The summed E-state index contributed by atoms with van der Waals surface area (Å²) in [6.07, 6.45) is 3.06. The topological polar surface area (TPSA) is 122 Å². The van der Waals surface area contributed by atoms with Crippen molar-refractivity contribution in [2.75, 3.05) is 42.7 Å². The maximum atomic E-state index is 15.3. The zero-order valence-corrected chi connectivity index (χ0v) is 35.8. The monoisotopic (exact) mass is 884 g/mol. The number of nitrogens with two attached hydrogens (primary N) is 1. The number of carbonyl (C=O) groups excluding carboxylic acids is 2. The maximum absolute atomic E-state index is 15.3. The lowest BCUT2D eigenvalue weighted by Gasteiger charge is -2.32. The number of aromatic nitrogens is 3. The minimum absolute atomic E-state index is 0.0890. The number of urea groups is 2. The molecule has 9 rings (SSSR count). The average molecular weight is 885 g/mol. The first-order valence-corrected chi connectivity index (χ1v) is 20.2. The Kier molecular flexibility index (Phi) is 11.1. The third-order valence-corrected chi connectivity index (χ3v) is 12.5. The van der Waals surface area contributed by atoms with Crippen LogP contribution in [0.4, 0.5) is 53.1 Å². The molecule has 64 heavy (non-hydrogen) atoms. The minimum Gasteiger partial charge on any atom is -0.399 e. The number of carbonyl (C=O) groups is 2. The average Bonchev–Trinajstić information content (AvgIpc) is 3.89. The summed E-state index contributed by atoms with van der Waals surface area (Å²) in [7, 11) is 3.97. The molecule has 2 atom stereocenters. The van der Waals surface area contributed by atoms with E-state index in [2.05, 4.69) is 9.97 Å². The summed E-state index contributed by atoms with van der Waals surface area (Å²) < 4.78 is 99.0. The van der Waals surface area contributed by atoms with Gasteiger partial charge in [0, 0.05) is 78.6 Å². The molecule has 3 aliphatic heterocycles. The molecule has 2 unspecified atom stereocenters. The zero-order valence-electron chi connectivity index (χ0n) is 35.8. The minimum atomic E-state index is -0.864. The van der Waals surface area contributed by atoms with Gasteiger partial charge in [0.15, 0.2) is 0 Å². The second kappa shape index (κ2) is 16.2. The number of aryl methyl sites for hydroxylation is 1. The van der Waals surface area contributed by atoms with Crippen LogP contribution >= 0.6 is 0 Å². The third kappa shape index (κ3) is 7.65. The van der Waals surface area contributed by atoms with Crippen LogP contribution in [0.5, 0.6) is 0 Å². The van der Waals surface area contributed by atoms with Crippen LogP contribution in [-0.4, -0.2) is 81.9 Å². The Hall–Kier alpha value is -6.60. The standard InChI is InChI=1S/C23H19F3N6O.C22H24BF3N2O3/c1-30-9-16(20-21(27)28-11-29-22(20)30)14-6-4-13(8-18(14)26)32-10-19(31(2)23(32)33)15-5-3-12(24)7-17(15)25;1-21(2)22(3,4)31-23(30-21)16-9-7-14(11-18(16)26)28-12-19(27(5)20(28)29)15-8-6-13(24)10-17(15)25/h3-9,11,19H,10H2,1-2H3,(H2,27,28,29);6-11,19H,12H2,1-5H3. The summed E-state index contributed by atoms with van der Waals surface area (Å²) in [5.74, 6) is -3.74. The molecule has 3 aliphatic rings. The fourth-order valence-corrected chi connectivity index (χ4v) is 8.16. The van der Waals surface area contributed by atoms with Crippen molar-refractivity contribution in [2.24, 2.45) is 7.05 Å². The smallest absolute Gasteiger partial charge is 0.399 e. The van der Waals surface area contributed by atoms with E-state index in [1.54, 1.807) is 36.0 Å². The van der Waals surface area contributed by atoms with Gasteiger partial charge in [-0.1, -0.05) is 18.2 Å². The highest BCUT2D eigenvalue weighted by atomic mass is 19.2. The van der Waals surface area contributed by atoms with Crippen molar-refractivity contribution in [3.8, 4) is 11.1 Å². The van der Waals surface area contributed by atoms with Gasteiger partial charge in [-0.3, -0.25) is 9.80 Å². The molecule has 3 fully saturated rings. The first-order valence-electron chi connectivity index (χ1n) is 20.2. The highest BCUT2D eigenvalue weighted by Crippen LogP contribution is 2.40. The molecule has 332 valence electrons. The van der Waals surface area contributed by atoms with E-state index in [9.17, 15) is 31.5 Å². The molecule has 0 radical (unpaired) electrons. The summed E-state index contributed by atoms with van der Waals surface area (Å²) in [5, 5.41) is 0.537. The number of rotatable bonds is 6. The largest absolute Gasteiger partial charge is 0.497 e. The fourth-order valence-electron chi connectivity index (χ4n) is 8.16. The summed E-state index contributed by atoms with van der Waals surface area (Å²) in [6, 6.07) is 13.2. The maximum Gasteiger partial charge on any atom is 0.497 e. The molecule has 5 heterocycles. The number of hydrogen-bond donors (Lipinski definition) is 1. The van der Waals surface area contributed by atoms with E-state index in [0.717, 1.165) is 24.3 Å². The molecular weight excluding hydrogens is 841 g/mol. The van der Waals surface area contributed by atoms with E-state index in [0.29, 0.717) is 28.0 Å². The van der Waals surface area contributed by atoms with Crippen molar-refractivity contribution in [3.63, 3.8) is 0 Å². The number of amides is 4. The Morgan fingerprint density at radius 2 is 1.14 bits per heavy atom. The number of fused-ring (bicyclic) bond motifs is 1. The van der Waals surface area contributed by atoms with Crippen molar-refractivity contribution in [2.45, 2.75) is 51.0 Å². The summed E-state index contributed by atoms with van der Waals surface area (Å²) in [5.41, 5.74) is 7.47. The van der Waals surface area contributed by atoms with E-state index in [4.69, 9.17) is 15.0 Å². The van der Waals surface area contributed by atoms with Gasteiger partial charge in [-0.05, 0) is 70.2 Å². The predicted octanol–water partition coefficient (Wildman–Crippen LogP) is 8.26. The van der Waals surface area contributed by atoms with Crippen molar-refractivity contribution in [3.05, 3.63) is 131 Å². The van der Waals surface area contributed by atoms with Gasteiger partial charge in [0.05, 0.1) is 41.8 Å². The van der Waals surface area contributed by atoms with Crippen molar-refractivity contribution in [1.29, 1.82) is 0 Å². The van der Waals surface area contributed by atoms with E-state index >= 15 is 4.39 Å². The lowest BCUT2D eigenvalue weighted by Crippen LogP contribution is -2.41. The van der Waals surface area contributed by atoms with Gasteiger partial charge in [0.25, 0.3) is 0 Å². The lowest BCUT2D eigenvalue weighted by molar-refractivity contribution is 0.00578. The van der Waals surface area contributed by atoms with Crippen LogP contribution < -0.4 is 21.0 Å². The second-order valence-corrected chi connectivity index (χ2v) is 16.9. The molecule has 2 aromatic heterocycles. The van der Waals surface area contributed by atoms with Gasteiger partial charge in [0.2, 0.25) is 0 Å². The fraction of sp³-hybridized carbons (Fsp3) is 0.289. The summed E-state index contributed by atoms with van der Waals surface area (Å²) >= 11 is 0. The first kappa shape index (κ1) is 44.0. The van der Waals surface area contributed by atoms with Crippen molar-refractivity contribution >= 4 is 52.9 Å². The molecule has 3 saturated heterocycles. The molecule has 0 spiro atoms. The summed E-state index contributed by atoms with van der Waals surface area (Å²) in [4.78, 5) is 39.3. The second-order valence-electron chi connectivity index (χ2n) is 16.9. The Bertz CT molecular complexity index is 2830. The highest BCUT2D eigenvalue weighted by Gasteiger charge is 2.52. The van der Waals surface area contributed by atoms with E-state index in [1.807, 2.05) is 27.7 Å². The van der Waals surface area contributed by atoms with Gasteiger partial charge in [-0.15, -0.1) is 0 Å². The molecule has 2 N–H and O–H groups in total. The highest BCUT2D eigenvalue weighted by molar-refractivity contribution is 6.62. The molecule has 0 saturated carbocycles. The predicted molar refractivity (Wildman–Crippen MR) is 230 cm³/mol. The molecular formula is C45H43BF6N8O4. The van der Waals surface area contributed by atoms with Crippen LogP contribution in [0, 0.1) is 34.9 Å². The Balaban J connectivity index is 0.000000175. The SMILES string of the molecule is CN1C(=O)N(c2ccc(-c3cn(C)c4ncnc(N)c34)c(F)c2)CC1c1ccc(F)cc1F.CN1C(=O)N(c2ccc(B3OC(C)(C)C(C)(C)O3)c(F)c2)CC1c1ccc(F)cc1F. The molecule has 12 nitrogen and oxygen atoms in total. The van der Waals surface area contributed by atoms with Crippen LogP contribution in [0.2, 0.25) is 0 Å². The quantitative estimate of drug-likeness (QED) is 0.132. The van der Waals surface area contributed by atoms with E-state index in [1.165, 1.54) is 70.4 Å². The number of hydrogen-bond acceptors (Lipinski definition) is 7. The lowest BCUT2D eigenvalue weighted by atomic mass is 9.78.